The lowest BCUT2D eigenvalue weighted by Gasteiger charge is -2.06. The average molecular weight is 379 g/mol. The number of para-hydroxylation sites is 1. The standard InChI is InChI=1S/C17H12ClFN2O5/c18-12-6-7-14(13(19)9-12)20-16(22)10-26-17(23)8-5-11-3-1-2-4-15(11)21(24)25/h1-9H,10H2,(H,20,22)/b8-5+. The Bertz CT molecular complexity index is 885. The SMILES string of the molecule is O=C(COC(=O)/C=C/c1ccccc1[N+](=O)[O-])Nc1ccc(Cl)cc1F. The number of nitro groups is 1. The van der Waals surface area contributed by atoms with E-state index in [0.717, 1.165) is 12.1 Å². The molecule has 7 nitrogen and oxygen atoms in total. The first-order valence-corrected chi connectivity index (χ1v) is 7.58. The van der Waals surface area contributed by atoms with E-state index in [1.165, 1.54) is 36.4 Å². The summed E-state index contributed by atoms with van der Waals surface area (Å²) in [5, 5.41) is 13.3. The largest absolute Gasteiger partial charge is 0.452 e. The number of hydrogen-bond donors (Lipinski definition) is 1. The van der Waals surface area contributed by atoms with E-state index in [-0.39, 0.29) is 22.0 Å². The number of nitrogens with zero attached hydrogens (tertiary/aromatic N) is 1. The number of anilines is 1. The molecule has 2 aromatic rings. The molecule has 0 saturated heterocycles. The topological polar surface area (TPSA) is 98.5 Å². The minimum absolute atomic E-state index is 0.106. The Morgan fingerprint density at radius 2 is 2.00 bits per heavy atom. The van der Waals surface area contributed by atoms with Crippen molar-refractivity contribution >= 4 is 40.9 Å². The highest BCUT2D eigenvalue weighted by Crippen LogP contribution is 2.19. The summed E-state index contributed by atoms with van der Waals surface area (Å²) in [7, 11) is 0. The van der Waals surface area contributed by atoms with Crippen LogP contribution in [-0.2, 0) is 14.3 Å². The van der Waals surface area contributed by atoms with Crippen molar-refractivity contribution in [2.45, 2.75) is 0 Å². The van der Waals surface area contributed by atoms with E-state index in [2.05, 4.69) is 5.32 Å². The Labute approximate surface area is 152 Å². The van der Waals surface area contributed by atoms with Crippen molar-refractivity contribution < 1.29 is 23.6 Å². The van der Waals surface area contributed by atoms with Gasteiger partial charge in [0.2, 0.25) is 0 Å². The number of ether oxygens (including phenoxy) is 1. The Hall–Kier alpha value is -3.26. The molecule has 1 N–H and O–H groups in total. The van der Waals surface area contributed by atoms with Gasteiger partial charge in [-0.05, 0) is 30.3 Å². The van der Waals surface area contributed by atoms with E-state index >= 15 is 0 Å². The first kappa shape index (κ1) is 19.1. The van der Waals surface area contributed by atoms with Crippen LogP contribution < -0.4 is 5.32 Å². The fraction of sp³-hybridized carbons (Fsp3) is 0.0588. The second-order valence-electron chi connectivity index (χ2n) is 4.93. The van der Waals surface area contributed by atoms with Gasteiger partial charge in [0.25, 0.3) is 11.6 Å². The maximum atomic E-state index is 13.5. The summed E-state index contributed by atoms with van der Waals surface area (Å²) in [6.07, 6.45) is 2.16. The molecule has 0 unspecified atom stereocenters. The molecule has 0 heterocycles. The molecule has 0 aliphatic rings. The third kappa shape index (κ3) is 5.38. The summed E-state index contributed by atoms with van der Waals surface area (Å²) < 4.78 is 18.3. The zero-order chi connectivity index (χ0) is 19.1. The highest BCUT2D eigenvalue weighted by atomic mass is 35.5. The molecule has 0 aliphatic heterocycles. The maximum Gasteiger partial charge on any atom is 0.331 e. The zero-order valence-electron chi connectivity index (χ0n) is 13.1. The number of benzene rings is 2. The quantitative estimate of drug-likeness (QED) is 0.358. The highest BCUT2D eigenvalue weighted by molar-refractivity contribution is 6.30. The monoisotopic (exact) mass is 378 g/mol. The van der Waals surface area contributed by atoms with Crippen molar-refractivity contribution in [3.8, 4) is 0 Å². The van der Waals surface area contributed by atoms with Gasteiger partial charge < -0.3 is 10.1 Å². The Morgan fingerprint density at radius 3 is 2.69 bits per heavy atom. The van der Waals surface area contributed by atoms with Crippen LogP contribution in [0.25, 0.3) is 6.08 Å². The summed E-state index contributed by atoms with van der Waals surface area (Å²) in [4.78, 5) is 33.6. The van der Waals surface area contributed by atoms with E-state index in [1.54, 1.807) is 6.07 Å². The van der Waals surface area contributed by atoms with Crippen LogP contribution in [-0.4, -0.2) is 23.4 Å². The molecule has 0 saturated carbocycles. The number of nitro benzene ring substituents is 1. The lowest BCUT2D eigenvalue weighted by atomic mass is 10.1. The van der Waals surface area contributed by atoms with Crippen molar-refractivity contribution in [2.24, 2.45) is 0 Å². The second-order valence-corrected chi connectivity index (χ2v) is 5.37. The maximum absolute atomic E-state index is 13.5. The average Bonchev–Trinajstić information content (AvgIpc) is 2.60. The van der Waals surface area contributed by atoms with Crippen LogP contribution in [0, 0.1) is 15.9 Å². The van der Waals surface area contributed by atoms with E-state index in [9.17, 15) is 24.1 Å². The third-order valence-electron chi connectivity index (χ3n) is 3.08. The zero-order valence-corrected chi connectivity index (χ0v) is 13.9. The van der Waals surface area contributed by atoms with Gasteiger partial charge in [-0.15, -0.1) is 0 Å². The Morgan fingerprint density at radius 1 is 1.27 bits per heavy atom. The number of esters is 1. The fourth-order valence-electron chi connectivity index (χ4n) is 1.91. The normalized spacial score (nSPS) is 10.5. The van der Waals surface area contributed by atoms with Crippen LogP contribution in [0.5, 0.6) is 0 Å². The van der Waals surface area contributed by atoms with E-state index in [0.29, 0.717) is 0 Å². The fourth-order valence-corrected chi connectivity index (χ4v) is 2.07. The van der Waals surface area contributed by atoms with Gasteiger partial charge in [-0.3, -0.25) is 14.9 Å². The molecule has 0 aliphatic carbocycles. The van der Waals surface area contributed by atoms with Gasteiger partial charge in [-0.2, -0.15) is 0 Å². The van der Waals surface area contributed by atoms with E-state index in [1.807, 2.05) is 0 Å². The lowest BCUT2D eigenvalue weighted by molar-refractivity contribution is -0.385. The summed E-state index contributed by atoms with van der Waals surface area (Å²) in [6.45, 7) is -0.651. The number of carbonyl (C=O) groups excluding carboxylic acids is 2. The molecule has 9 heteroatoms. The highest BCUT2D eigenvalue weighted by Gasteiger charge is 2.11. The van der Waals surface area contributed by atoms with E-state index in [4.69, 9.17) is 16.3 Å². The summed E-state index contributed by atoms with van der Waals surface area (Å²) in [5.41, 5.74) is -0.0689. The minimum atomic E-state index is -0.880. The molecule has 0 atom stereocenters. The molecule has 0 spiro atoms. The van der Waals surface area contributed by atoms with Crippen LogP contribution in [0.15, 0.2) is 48.5 Å². The molecular formula is C17H12ClFN2O5. The van der Waals surface area contributed by atoms with Gasteiger partial charge in [0.05, 0.1) is 16.2 Å². The first-order chi connectivity index (χ1) is 12.4. The molecular weight excluding hydrogens is 367 g/mol. The Kier molecular flexibility index (Phi) is 6.40. The number of carbonyl (C=O) groups is 2. The molecule has 0 bridgehead atoms. The summed E-state index contributed by atoms with van der Waals surface area (Å²) in [6, 6.07) is 9.50. The number of nitrogens with one attached hydrogen (secondary N) is 1. The van der Waals surface area contributed by atoms with Gasteiger partial charge in [-0.25, -0.2) is 9.18 Å². The summed E-state index contributed by atoms with van der Waals surface area (Å²) >= 11 is 5.60. The molecule has 1 amide bonds. The van der Waals surface area contributed by atoms with Gasteiger partial charge in [0, 0.05) is 17.2 Å². The molecule has 0 radical (unpaired) electrons. The molecule has 0 aromatic heterocycles. The van der Waals surface area contributed by atoms with Crippen LogP contribution in [0.2, 0.25) is 5.02 Å². The van der Waals surface area contributed by atoms with Crippen LogP contribution in [0.3, 0.4) is 0 Å². The van der Waals surface area contributed by atoms with Crippen molar-refractivity contribution in [3.05, 3.63) is 75.1 Å². The van der Waals surface area contributed by atoms with Crippen LogP contribution in [0.1, 0.15) is 5.56 Å². The van der Waals surface area contributed by atoms with Gasteiger partial charge in [-0.1, -0.05) is 23.7 Å². The number of amides is 1. The van der Waals surface area contributed by atoms with E-state index < -0.39 is 29.2 Å². The van der Waals surface area contributed by atoms with Crippen molar-refractivity contribution in [1.29, 1.82) is 0 Å². The smallest absolute Gasteiger partial charge is 0.331 e. The first-order valence-electron chi connectivity index (χ1n) is 7.20. The molecule has 26 heavy (non-hydrogen) atoms. The predicted molar refractivity (Wildman–Crippen MR) is 93.1 cm³/mol. The van der Waals surface area contributed by atoms with Crippen molar-refractivity contribution in [3.63, 3.8) is 0 Å². The number of rotatable bonds is 6. The molecule has 2 aromatic carbocycles. The van der Waals surface area contributed by atoms with Gasteiger partial charge >= 0.3 is 5.97 Å². The van der Waals surface area contributed by atoms with Gasteiger partial charge in [0.1, 0.15) is 5.82 Å². The predicted octanol–water partition coefficient (Wildman–Crippen LogP) is 3.58. The molecule has 0 fully saturated rings. The Balaban J connectivity index is 1.90. The van der Waals surface area contributed by atoms with Crippen LogP contribution >= 0.6 is 11.6 Å². The lowest BCUT2D eigenvalue weighted by Crippen LogP contribution is -2.20. The number of hydrogen-bond acceptors (Lipinski definition) is 5. The second kappa shape index (κ2) is 8.72. The molecule has 134 valence electrons. The minimum Gasteiger partial charge on any atom is -0.452 e. The van der Waals surface area contributed by atoms with Crippen LogP contribution in [0.4, 0.5) is 15.8 Å². The van der Waals surface area contributed by atoms with Crippen molar-refractivity contribution in [2.75, 3.05) is 11.9 Å². The third-order valence-corrected chi connectivity index (χ3v) is 3.32. The summed E-state index contributed by atoms with van der Waals surface area (Å²) in [5.74, 6) is -2.36. The van der Waals surface area contributed by atoms with Crippen molar-refractivity contribution in [1.82, 2.24) is 0 Å². The van der Waals surface area contributed by atoms with Gasteiger partial charge in [0.15, 0.2) is 6.61 Å². The molecule has 2 rings (SSSR count). The number of halogens is 2.